The molecule has 2 N–H and O–H groups in total. The molecule has 1 aromatic rings. The van der Waals surface area contributed by atoms with E-state index in [4.69, 9.17) is 0 Å². The Kier molecular flexibility index (Phi) is 6.11. The summed E-state index contributed by atoms with van der Waals surface area (Å²) < 4.78 is 40.8. The van der Waals surface area contributed by atoms with Crippen LogP contribution >= 0.6 is 0 Å². The molecular weight excluding hydrogens is 307 g/mol. The molecule has 1 aromatic carbocycles. The van der Waals surface area contributed by atoms with Crippen LogP contribution in [0.25, 0.3) is 0 Å². The zero-order valence-electron chi connectivity index (χ0n) is 11.6. The van der Waals surface area contributed by atoms with Gasteiger partial charge in [-0.25, -0.2) is 0 Å². The zero-order valence-corrected chi connectivity index (χ0v) is 11.6. The highest BCUT2D eigenvalue weighted by molar-refractivity contribution is 5.98. The number of carbonyl (C=O) groups is 1. The van der Waals surface area contributed by atoms with Crippen molar-refractivity contribution in [2.45, 2.75) is 6.18 Å². The van der Waals surface area contributed by atoms with E-state index in [-0.39, 0.29) is 17.9 Å². The number of benzene rings is 1. The van der Waals surface area contributed by atoms with Crippen LogP contribution in [-0.2, 0) is 0 Å². The fourth-order valence-corrected chi connectivity index (χ4v) is 1.51. The van der Waals surface area contributed by atoms with Gasteiger partial charge in [0.05, 0.1) is 4.92 Å². The van der Waals surface area contributed by atoms with E-state index < -0.39 is 29.3 Å². The Morgan fingerprint density at radius 1 is 1.36 bits per heavy atom. The first-order chi connectivity index (χ1) is 10.2. The highest BCUT2D eigenvalue weighted by Crippen LogP contribution is 2.25. The standard InChI is InChI=1S/C12H14F3N3O4/c1-16-4-5-17-11(19)9-6-8(22-7-12(13,14)15)2-3-10(9)18(20)21/h2-3,6,16H,4-5,7H2,1H3,(H,17,19). The molecule has 0 bridgehead atoms. The van der Waals surface area contributed by atoms with Crippen molar-refractivity contribution < 1.29 is 27.6 Å². The minimum Gasteiger partial charge on any atom is -0.484 e. The van der Waals surface area contributed by atoms with Crippen LogP contribution in [-0.4, -0.2) is 43.8 Å². The molecule has 0 radical (unpaired) electrons. The van der Waals surface area contributed by atoms with Crippen LogP contribution in [0.15, 0.2) is 18.2 Å². The van der Waals surface area contributed by atoms with Gasteiger partial charge in [0.1, 0.15) is 11.3 Å². The molecule has 0 aliphatic heterocycles. The number of hydrogen-bond acceptors (Lipinski definition) is 5. The summed E-state index contributed by atoms with van der Waals surface area (Å²) in [7, 11) is 1.65. The Labute approximate surface area is 123 Å². The second-order valence-electron chi connectivity index (χ2n) is 4.20. The third-order valence-electron chi connectivity index (χ3n) is 2.47. The van der Waals surface area contributed by atoms with E-state index >= 15 is 0 Å². The number of ether oxygens (including phenoxy) is 1. The summed E-state index contributed by atoms with van der Waals surface area (Å²) in [4.78, 5) is 22.0. The second kappa shape index (κ2) is 7.59. The molecular formula is C12H14F3N3O4. The van der Waals surface area contributed by atoms with E-state index in [1.165, 1.54) is 0 Å². The number of carbonyl (C=O) groups excluding carboxylic acids is 1. The second-order valence-corrected chi connectivity index (χ2v) is 4.20. The van der Waals surface area contributed by atoms with Gasteiger partial charge in [-0.3, -0.25) is 14.9 Å². The van der Waals surface area contributed by atoms with Gasteiger partial charge in [0.25, 0.3) is 11.6 Å². The number of hydrogen-bond donors (Lipinski definition) is 2. The number of rotatable bonds is 7. The fourth-order valence-electron chi connectivity index (χ4n) is 1.51. The smallest absolute Gasteiger partial charge is 0.422 e. The Morgan fingerprint density at radius 2 is 2.05 bits per heavy atom. The molecule has 0 spiro atoms. The van der Waals surface area contributed by atoms with Gasteiger partial charge in [-0.15, -0.1) is 0 Å². The summed E-state index contributed by atoms with van der Waals surface area (Å²) in [6.45, 7) is -0.907. The van der Waals surface area contributed by atoms with Crippen LogP contribution in [0.3, 0.4) is 0 Å². The molecule has 0 aromatic heterocycles. The molecule has 0 unspecified atom stereocenters. The SMILES string of the molecule is CNCCNC(=O)c1cc(OCC(F)(F)F)ccc1[N+](=O)[O-]. The number of nitrogens with zero attached hydrogens (tertiary/aromatic N) is 1. The summed E-state index contributed by atoms with van der Waals surface area (Å²) >= 11 is 0. The van der Waals surface area contributed by atoms with Crippen LogP contribution in [0.5, 0.6) is 5.75 Å². The van der Waals surface area contributed by atoms with E-state index in [0.717, 1.165) is 18.2 Å². The highest BCUT2D eigenvalue weighted by atomic mass is 19.4. The molecule has 0 aliphatic rings. The summed E-state index contributed by atoms with van der Waals surface area (Å²) in [5.41, 5.74) is -0.873. The minimum absolute atomic E-state index is 0.208. The van der Waals surface area contributed by atoms with Crippen molar-refractivity contribution in [2.75, 3.05) is 26.7 Å². The Hall–Kier alpha value is -2.36. The first-order valence-electron chi connectivity index (χ1n) is 6.15. The maximum absolute atomic E-state index is 12.1. The minimum atomic E-state index is -4.54. The summed E-state index contributed by atoms with van der Waals surface area (Å²) in [5, 5.41) is 16.0. The van der Waals surface area contributed by atoms with Gasteiger partial charge in [0.15, 0.2) is 6.61 Å². The molecule has 1 rings (SSSR count). The van der Waals surface area contributed by atoms with Gasteiger partial charge >= 0.3 is 6.18 Å². The Balaban J connectivity index is 2.95. The zero-order chi connectivity index (χ0) is 16.8. The molecule has 122 valence electrons. The van der Waals surface area contributed by atoms with Gasteiger partial charge in [-0.05, 0) is 19.2 Å². The third-order valence-corrected chi connectivity index (χ3v) is 2.47. The molecule has 0 saturated carbocycles. The number of nitro benzene ring substituents is 1. The lowest BCUT2D eigenvalue weighted by Crippen LogP contribution is -2.30. The van der Waals surface area contributed by atoms with Crippen LogP contribution in [0.2, 0.25) is 0 Å². The Bertz CT molecular complexity index is 549. The fraction of sp³-hybridized carbons (Fsp3) is 0.417. The third kappa shape index (κ3) is 5.56. The number of likely N-dealkylation sites (N-methyl/N-ethyl adjacent to an activating group) is 1. The largest absolute Gasteiger partial charge is 0.484 e. The predicted octanol–water partition coefficient (Wildman–Crippen LogP) is 1.49. The predicted molar refractivity (Wildman–Crippen MR) is 70.9 cm³/mol. The monoisotopic (exact) mass is 321 g/mol. The molecule has 0 heterocycles. The van der Waals surface area contributed by atoms with E-state index in [0.29, 0.717) is 6.54 Å². The lowest BCUT2D eigenvalue weighted by Gasteiger charge is -2.11. The molecule has 1 amide bonds. The van der Waals surface area contributed by atoms with Gasteiger partial charge in [-0.1, -0.05) is 0 Å². The van der Waals surface area contributed by atoms with Crippen molar-refractivity contribution in [1.29, 1.82) is 0 Å². The first kappa shape index (κ1) is 17.7. The van der Waals surface area contributed by atoms with Crippen molar-refractivity contribution in [2.24, 2.45) is 0 Å². The quantitative estimate of drug-likeness (QED) is 0.451. The summed E-state index contributed by atoms with van der Waals surface area (Å²) in [6.07, 6.45) is -4.54. The van der Waals surface area contributed by atoms with E-state index in [9.17, 15) is 28.1 Å². The number of alkyl halides is 3. The number of nitro groups is 1. The first-order valence-corrected chi connectivity index (χ1v) is 6.15. The average Bonchev–Trinajstić information content (AvgIpc) is 2.44. The van der Waals surface area contributed by atoms with E-state index in [2.05, 4.69) is 15.4 Å². The van der Waals surface area contributed by atoms with Crippen LogP contribution in [0.1, 0.15) is 10.4 Å². The lowest BCUT2D eigenvalue weighted by molar-refractivity contribution is -0.385. The average molecular weight is 321 g/mol. The molecule has 0 aliphatic carbocycles. The van der Waals surface area contributed by atoms with Crippen LogP contribution < -0.4 is 15.4 Å². The molecule has 10 heteroatoms. The lowest BCUT2D eigenvalue weighted by atomic mass is 10.1. The van der Waals surface area contributed by atoms with Crippen LogP contribution in [0, 0.1) is 10.1 Å². The van der Waals surface area contributed by atoms with Crippen LogP contribution in [0.4, 0.5) is 18.9 Å². The summed E-state index contributed by atoms with van der Waals surface area (Å²) in [5.74, 6) is -1.04. The van der Waals surface area contributed by atoms with Crippen molar-refractivity contribution in [3.63, 3.8) is 0 Å². The molecule has 7 nitrogen and oxygen atoms in total. The van der Waals surface area contributed by atoms with Gasteiger partial charge in [0, 0.05) is 19.2 Å². The Morgan fingerprint density at radius 3 is 2.59 bits per heavy atom. The van der Waals surface area contributed by atoms with Crippen molar-refractivity contribution >= 4 is 11.6 Å². The van der Waals surface area contributed by atoms with Gasteiger partial charge in [-0.2, -0.15) is 13.2 Å². The number of halogens is 3. The van der Waals surface area contributed by atoms with E-state index in [1.54, 1.807) is 7.05 Å². The molecule has 22 heavy (non-hydrogen) atoms. The number of nitrogens with one attached hydrogen (secondary N) is 2. The van der Waals surface area contributed by atoms with Crippen molar-refractivity contribution in [3.8, 4) is 5.75 Å². The maximum Gasteiger partial charge on any atom is 0.422 e. The van der Waals surface area contributed by atoms with Gasteiger partial charge < -0.3 is 15.4 Å². The molecule has 0 saturated heterocycles. The molecule has 0 atom stereocenters. The summed E-state index contributed by atoms with van der Waals surface area (Å²) in [6, 6.07) is 2.85. The highest BCUT2D eigenvalue weighted by Gasteiger charge is 2.29. The van der Waals surface area contributed by atoms with Gasteiger partial charge in [0.2, 0.25) is 0 Å². The van der Waals surface area contributed by atoms with Crippen molar-refractivity contribution in [3.05, 3.63) is 33.9 Å². The topological polar surface area (TPSA) is 93.5 Å². The normalized spacial score (nSPS) is 11.1. The number of amides is 1. The van der Waals surface area contributed by atoms with Crippen molar-refractivity contribution in [1.82, 2.24) is 10.6 Å². The maximum atomic E-state index is 12.1. The van der Waals surface area contributed by atoms with E-state index in [1.807, 2.05) is 0 Å². The molecule has 0 fully saturated rings.